The van der Waals surface area contributed by atoms with E-state index in [-0.39, 0.29) is 36.5 Å². The molecule has 1 aliphatic carbocycles. The molecule has 2 fully saturated rings. The Labute approximate surface area is 231 Å². The normalized spacial score (nSPS) is 22.5. The number of hydrogen-bond acceptors (Lipinski definition) is 5. The summed E-state index contributed by atoms with van der Waals surface area (Å²) >= 11 is 0. The monoisotopic (exact) mass is 578 g/mol. The third-order valence-corrected chi connectivity index (χ3v) is 9.47. The number of benzene rings is 2. The number of aryl methyl sites for hydroxylation is 1. The third kappa shape index (κ3) is 6.04. The minimum absolute atomic E-state index is 0.0431. The number of sulfonamides is 1. The molecule has 216 valence electrons. The number of aromatic amines is 1. The molecule has 40 heavy (non-hydrogen) atoms. The molecule has 0 spiro atoms. The molecule has 1 atom stereocenters. The van der Waals surface area contributed by atoms with Crippen LogP contribution in [0.1, 0.15) is 36.8 Å². The number of rotatable bonds is 6. The predicted molar refractivity (Wildman–Crippen MR) is 145 cm³/mol. The van der Waals surface area contributed by atoms with Gasteiger partial charge in [-0.25, -0.2) is 13.1 Å². The van der Waals surface area contributed by atoms with Crippen LogP contribution in [0.15, 0.2) is 47.4 Å². The van der Waals surface area contributed by atoms with E-state index >= 15 is 0 Å². The number of amides is 1. The van der Waals surface area contributed by atoms with Crippen molar-refractivity contribution in [1.82, 2.24) is 19.9 Å². The highest BCUT2D eigenvalue weighted by molar-refractivity contribution is 7.89. The first-order valence-electron chi connectivity index (χ1n) is 13.4. The van der Waals surface area contributed by atoms with E-state index in [1.54, 1.807) is 18.2 Å². The number of halogens is 3. The number of aliphatic hydroxyl groups is 1. The van der Waals surface area contributed by atoms with E-state index in [1.165, 1.54) is 4.90 Å². The van der Waals surface area contributed by atoms with Crippen molar-refractivity contribution >= 4 is 26.8 Å². The van der Waals surface area contributed by atoms with Gasteiger partial charge in [-0.3, -0.25) is 4.79 Å². The van der Waals surface area contributed by atoms with Gasteiger partial charge in [-0.1, -0.05) is 24.3 Å². The Hall–Kier alpha value is -2.93. The molecule has 1 saturated heterocycles. The van der Waals surface area contributed by atoms with Crippen LogP contribution in [0.2, 0.25) is 0 Å². The zero-order chi connectivity index (χ0) is 28.7. The van der Waals surface area contributed by atoms with E-state index in [4.69, 9.17) is 0 Å². The second kappa shape index (κ2) is 11.2. The van der Waals surface area contributed by atoms with Crippen molar-refractivity contribution in [3.05, 3.63) is 53.6 Å². The molecule has 2 heterocycles. The molecule has 1 aliphatic heterocycles. The summed E-state index contributed by atoms with van der Waals surface area (Å²) in [5.74, 6) is -0.692. The average Bonchev–Trinajstić information content (AvgIpc) is 3.35. The van der Waals surface area contributed by atoms with Crippen LogP contribution in [0, 0.1) is 12.8 Å². The maximum absolute atomic E-state index is 13.2. The van der Waals surface area contributed by atoms with Gasteiger partial charge >= 0.3 is 6.18 Å². The Morgan fingerprint density at radius 3 is 2.52 bits per heavy atom. The summed E-state index contributed by atoms with van der Waals surface area (Å²) in [6.45, 7) is 1.83. The minimum Gasteiger partial charge on any atom is -0.392 e. The maximum Gasteiger partial charge on any atom is 0.405 e. The lowest BCUT2D eigenvalue weighted by Gasteiger charge is -2.38. The fourth-order valence-corrected chi connectivity index (χ4v) is 7.05. The second-order valence-electron chi connectivity index (χ2n) is 10.7. The lowest BCUT2D eigenvalue weighted by Crippen LogP contribution is -2.59. The van der Waals surface area contributed by atoms with Gasteiger partial charge < -0.3 is 20.3 Å². The Bertz CT molecular complexity index is 1500. The molecule has 12 heteroatoms. The van der Waals surface area contributed by atoms with Crippen molar-refractivity contribution in [2.24, 2.45) is 5.92 Å². The predicted octanol–water partition coefficient (Wildman–Crippen LogP) is 3.84. The number of carbonyl (C=O) groups excluding carboxylic acids is 1. The maximum atomic E-state index is 13.2. The second-order valence-corrected chi connectivity index (χ2v) is 12.5. The van der Waals surface area contributed by atoms with E-state index in [2.05, 4.69) is 15.0 Å². The van der Waals surface area contributed by atoms with Crippen LogP contribution in [-0.4, -0.2) is 67.2 Å². The van der Waals surface area contributed by atoms with Crippen LogP contribution < -0.4 is 10.0 Å². The van der Waals surface area contributed by atoms with E-state index in [0.29, 0.717) is 31.2 Å². The fraction of sp³-hybridized carbons (Fsp3) is 0.464. The number of fused-ring (bicyclic) bond motifs is 1. The van der Waals surface area contributed by atoms with Crippen LogP contribution in [0.4, 0.5) is 13.2 Å². The van der Waals surface area contributed by atoms with Gasteiger partial charge in [0.2, 0.25) is 15.9 Å². The summed E-state index contributed by atoms with van der Waals surface area (Å²) in [7, 11) is -3.83. The lowest BCUT2D eigenvalue weighted by molar-refractivity contribution is -0.169. The van der Waals surface area contributed by atoms with Crippen molar-refractivity contribution in [2.75, 3.05) is 19.6 Å². The van der Waals surface area contributed by atoms with Crippen LogP contribution in [-0.2, 0) is 21.4 Å². The average molecular weight is 579 g/mol. The molecule has 1 saturated carbocycles. The number of hydrogen-bond donors (Lipinski definition) is 4. The highest BCUT2D eigenvalue weighted by Gasteiger charge is 2.43. The molecule has 4 N–H and O–H groups in total. The first kappa shape index (κ1) is 28.6. The Kier molecular flexibility index (Phi) is 7.97. The molecular weight excluding hydrogens is 545 g/mol. The Morgan fingerprint density at radius 2 is 1.85 bits per heavy atom. The van der Waals surface area contributed by atoms with Gasteiger partial charge in [0, 0.05) is 53.8 Å². The van der Waals surface area contributed by atoms with Gasteiger partial charge in [-0.2, -0.15) is 13.2 Å². The van der Waals surface area contributed by atoms with Crippen molar-refractivity contribution in [2.45, 2.75) is 62.4 Å². The quantitative estimate of drug-likeness (QED) is 0.355. The van der Waals surface area contributed by atoms with Crippen molar-refractivity contribution < 1.29 is 31.5 Å². The smallest absolute Gasteiger partial charge is 0.392 e. The van der Waals surface area contributed by atoms with Gasteiger partial charge in [0.25, 0.3) is 0 Å². The number of H-pyrrole nitrogens is 1. The number of aliphatic hydroxyl groups excluding tert-OH is 1. The highest BCUT2D eigenvalue weighted by atomic mass is 32.2. The van der Waals surface area contributed by atoms with Crippen LogP contribution in [0.5, 0.6) is 0 Å². The van der Waals surface area contributed by atoms with Crippen molar-refractivity contribution in [1.29, 1.82) is 0 Å². The van der Waals surface area contributed by atoms with E-state index in [0.717, 1.165) is 27.8 Å². The van der Waals surface area contributed by atoms with Crippen LogP contribution in [0.25, 0.3) is 22.2 Å². The van der Waals surface area contributed by atoms with Crippen LogP contribution in [0.3, 0.4) is 0 Å². The SMILES string of the molecule is Cc1cc(CO)ccc1-c1cc2ccc(S(=O)(=O)NC3CCC(C(=O)N4CCNC(C(F)(F)F)C4)CC3)cc2[nH]1. The molecule has 1 unspecified atom stereocenters. The number of nitrogens with zero attached hydrogens (tertiary/aromatic N) is 1. The van der Waals surface area contributed by atoms with Gasteiger partial charge in [-0.15, -0.1) is 0 Å². The molecule has 8 nitrogen and oxygen atoms in total. The van der Waals surface area contributed by atoms with Gasteiger partial charge in [0.1, 0.15) is 6.04 Å². The fourth-order valence-electron chi connectivity index (χ4n) is 5.72. The highest BCUT2D eigenvalue weighted by Crippen LogP contribution is 2.31. The zero-order valence-corrected chi connectivity index (χ0v) is 22.9. The van der Waals surface area contributed by atoms with Crippen molar-refractivity contribution in [3.63, 3.8) is 0 Å². The molecule has 2 aromatic carbocycles. The zero-order valence-electron chi connectivity index (χ0n) is 22.1. The van der Waals surface area contributed by atoms with Gasteiger partial charge in [0.15, 0.2) is 0 Å². The first-order valence-corrected chi connectivity index (χ1v) is 14.9. The van der Waals surface area contributed by atoms with E-state index in [9.17, 15) is 31.5 Å². The molecular formula is C28H33F3N4O4S. The van der Waals surface area contributed by atoms with Gasteiger partial charge in [-0.05, 0) is 61.9 Å². The largest absolute Gasteiger partial charge is 0.405 e. The molecule has 5 rings (SSSR count). The number of nitrogens with one attached hydrogen (secondary N) is 3. The first-order chi connectivity index (χ1) is 18.9. The summed E-state index contributed by atoms with van der Waals surface area (Å²) in [5, 5.41) is 12.6. The molecule has 0 bridgehead atoms. The molecule has 1 aromatic heterocycles. The van der Waals surface area contributed by atoms with Crippen LogP contribution >= 0.6 is 0 Å². The molecule has 1 amide bonds. The summed E-state index contributed by atoms with van der Waals surface area (Å²) in [6.07, 6.45) is -2.71. The lowest BCUT2D eigenvalue weighted by atomic mass is 9.85. The summed E-state index contributed by atoms with van der Waals surface area (Å²) < 4.78 is 68.5. The Balaban J connectivity index is 1.22. The minimum atomic E-state index is -4.41. The molecule has 2 aliphatic rings. The number of carbonyl (C=O) groups is 1. The summed E-state index contributed by atoms with van der Waals surface area (Å²) in [6, 6.07) is 10.4. The Morgan fingerprint density at radius 1 is 1.10 bits per heavy atom. The number of aromatic nitrogens is 1. The third-order valence-electron chi connectivity index (χ3n) is 7.95. The summed E-state index contributed by atoms with van der Waals surface area (Å²) in [5.41, 5.74) is 4.27. The molecule has 0 radical (unpaired) electrons. The molecule has 3 aromatic rings. The standard InChI is InChI=1S/C28H33F3N4O4S/c1-17-12-18(16-36)2-9-23(17)25-13-20-5-8-22(14-24(20)33-25)40(38,39)34-21-6-3-19(4-7-21)27(37)35-11-10-32-26(15-35)28(29,30)31/h2,5,8-9,12-14,19,21,26,32-34,36H,3-4,6-7,10-11,15-16H2,1H3. The topological polar surface area (TPSA) is 115 Å². The van der Waals surface area contributed by atoms with E-state index < -0.39 is 34.7 Å². The summed E-state index contributed by atoms with van der Waals surface area (Å²) in [4.78, 5) is 17.6. The van der Waals surface area contributed by atoms with Gasteiger partial charge in [0.05, 0.1) is 11.5 Å². The number of alkyl halides is 3. The number of piperazine rings is 1. The van der Waals surface area contributed by atoms with E-state index in [1.807, 2.05) is 31.2 Å². The van der Waals surface area contributed by atoms with Crippen molar-refractivity contribution in [3.8, 4) is 11.3 Å².